The van der Waals surface area contributed by atoms with Crippen molar-refractivity contribution in [2.75, 3.05) is 0 Å². The molecule has 0 aliphatic heterocycles. The van der Waals surface area contributed by atoms with E-state index in [1.807, 2.05) is 6.08 Å². The maximum absolute atomic E-state index is 3.85. The van der Waals surface area contributed by atoms with Gasteiger partial charge in [0.1, 0.15) is 0 Å². The predicted molar refractivity (Wildman–Crippen MR) is 73.1 cm³/mol. The van der Waals surface area contributed by atoms with Gasteiger partial charge in [-0.25, -0.2) is 0 Å². The lowest BCUT2D eigenvalue weighted by Crippen LogP contribution is -2.10. The van der Waals surface area contributed by atoms with Gasteiger partial charge >= 0.3 is 0 Å². The highest BCUT2D eigenvalue weighted by Gasteiger charge is 2.37. The minimum absolute atomic E-state index is 0.603. The molecule has 0 amide bonds. The molecule has 1 aromatic carbocycles. The minimum Gasteiger partial charge on any atom is -0.103 e. The maximum Gasteiger partial charge on any atom is 0.00927 e. The Bertz CT molecular complexity index is 479. The van der Waals surface area contributed by atoms with Crippen molar-refractivity contribution in [3.63, 3.8) is 0 Å². The van der Waals surface area contributed by atoms with Gasteiger partial charge < -0.3 is 0 Å². The first kappa shape index (κ1) is 10.6. The average molecular weight is 222 g/mol. The molecule has 0 N–H and O–H groups in total. The fraction of sp³-hybridized carbons (Fsp3) is 0.294. The molecule has 0 bridgehead atoms. The van der Waals surface area contributed by atoms with Gasteiger partial charge in [0, 0.05) is 5.92 Å². The molecule has 0 fully saturated rings. The SMILES string of the molecule is C=CCCC1c2ccccc2C2C=CC=CC21. The highest BCUT2D eigenvalue weighted by molar-refractivity contribution is 5.46. The van der Waals surface area contributed by atoms with Gasteiger partial charge in [0.05, 0.1) is 0 Å². The maximum atomic E-state index is 3.85. The molecular weight excluding hydrogens is 204 g/mol. The van der Waals surface area contributed by atoms with Gasteiger partial charge in [-0.1, -0.05) is 54.6 Å². The quantitative estimate of drug-likeness (QED) is 0.657. The zero-order chi connectivity index (χ0) is 11.7. The lowest BCUT2D eigenvalue weighted by molar-refractivity contribution is 0.486. The van der Waals surface area contributed by atoms with Crippen LogP contribution in [-0.4, -0.2) is 0 Å². The van der Waals surface area contributed by atoms with E-state index in [0.717, 1.165) is 6.42 Å². The molecule has 3 atom stereocenters. The Morgan fingerprint density at radius 2 is 1.82 bits per heavy atom. The van der Waals surface area contributed by atoms with Gasteiger partial charge in [-0.15, -0.1) is 6.58 Å². The Balaban J connectivity index is 2.00. The fourth-order valence-corrected chi connectivity index (χ4v) is 3.32. The van der Waals surface area contributed by atoms with Gasteiger partial charge in [0.2, 0.25) is 0 Å². The Morgan fingerprint density at radius 1 is 1.06 bits per heavy atom. The van der Waals surface area contributed by atoms with E-state index >= 15 is 0 Å². The van der Waals surface area contributed by atoms with Gasteiger partial charge in [-0.2, -0.15) is 0 Å². The van der Waals surface area contributed by atoms with E-state index in [-0.39, 0.29) is 0 Å². The van der Waals surface area contributed by atoms with Gasteiger partial charge in [0.25, 0.3) is 0 Å². The third kappa shape index (κ3) is 1.68. The van der Waals surface area contributed by atoms with Crippen LogP contribution in [0, 0.1) is 5.92 Å². The molecule has 0 heteroatoms. The van der Waals surface area contributed by atoms with Crippen LogP contribution in [0.15, 0.2) is 61.2 Å². The van der Waals surface area contributed by atoms with Crippen LogP contribution in [0.1, 0.15) is 35.8 Å². The number of fused-ring (bicyclic) bond motifs is 3. The highest BCUT2D eigenvalue weighted by Crippen LogP contribution is 2.50. The summed E-state index contributed by atoms with van der Waals surface area (Å²) in [5.74, 6) is 1.94. The first-order valence-corrected chi connectivity index (χ1v) is 6.46. The molecule has 86 valence electrons. The molecule has 1 aromatic rings. The normalized spacial score (nSPS) is 28.8. The summed E-state index contributed by atoms with van der Waals surface area (Å²) < 4.78 is 0. The molecule has 0 heterocycles. The molecule has 17 heavy (non-hydrogen) atoms. The summed E-state index contributed by atoms with van der Waals surface area (Å²) in [5.41, 5.74) is 3.09. The monoisotopic (exact) mass is 222 g/mol. The smallest absolute Gasteiger partial charge is 0.00927 e. The van der Waals surface area contributed by atoms with E-state index in [4.69, 9.17) is 0 Å². The zero-order valence-corrected chi connectivity index (χ0v) is 10.0. The molecule has 0 radical (unpaired) electrons. The standard InChI is InChI=1S/C17H18/c1-2-3-8-13-14-9-4-6-11-16(14)17-12-7-5-10-15(13)17/h2,4-7,9-14,16H,1,3,8H2. The van der Waals surface area contributed by atoms with Crippen molar-refractivity contribution < 1.29 is 0 Å². The van der Waals surface area contributed by atoms with Crippen molar-refractivity contribution in [3.8, 4) is 0 Å². The van der Waals surface area contributed by atoms with Crippen LogP contribution in [-0.2, 0) is 0 Å². The van der Waals surface area contributed by atoms with Gasteiger partial charge in [-0.3, -0.25) is 0 Å². The number of hydrogen-bond acceptors (Lipinski definition) is 0. The van der Waals surface area contributed by atoms with Crippen molar-refractivity contribution >= 4 is 0 Å². The lowest BCUT2D eigenvalue weighted by atomic mass is 9.82. The van der Waals surface area contributed by atoms with Crippen LogP contribution >= 0.6 is 0 Å². The Labute approximate surface area is 103 Å². The summed E-state index contributed by atoms with van der Waals surface area (Å²) in [6.07, 6.45) is 13.5. The number of hydrogen-bond donors (Lipinski definition) is 0. The van der Waals surface area contributed by atoms with Crippen molar-refractivity contribution in [2.45, 2.75) is 24.7 Å². The lowest BCUT2D eigenvalue weighted by Gasteiger charge is -2.22. The topological polar surface area (TPSA) is 0 Å². The first-order chi connectivity index (χ1) is 8.42. The van der Waals surface area contributed by atoms with Gasteiger partial charge in [0.15, 0.2) is 0 Å². The van der Waals surface area contributed by atoms with E-state index in [0.29, 0.717) is 17.8 Å². The van der Waals surface area contributed by atoms with Crippen LogP contribution in [0.4, 0.5) is 0 Å². The van der Waals surface area contributed by atoms with Crippen molar-refractivity contribution in [1.82, 2.24) is 0 Å². The van der Waals surface area contributed by atoms with E-state index in [2.05, 4.69) is 55.1 Å². The third-order valence-electron chi connectivity index (χ3n) is 4.08. The third-order valence-corrected chi connectivity index (χ3v) is 4.08. The summed E-state index contributed by atoms with van der Waals surface area (Å²) in [6.45, 7) is 3.85. The molecule has 0 nitrogen and oxygen atoms in total. The van der Waals surface area contributed by atoms with Crippen molar-refractivity contribution in [3.05, 3.63) is 72.4 Å². The summed E-state index contributed by atoms with van der Waals surface area (Å²) in [5, 5.41) is 0. The summed E-state index contributed by atoms with van der Waals surface area (Å²) in [7, 11) is 0. The largest absolute Gasteiger partial charge is 0.103 e. The van der Waals surface area contributed by atoms with Crippen molar-refractivity contribution in [2.24, 2.45) is 5.92 Å². The molecule has 2 aliphatic rings. The molecule has 0 saturated carbocycles. The minimum atomic E-state index is 0.603. The van der Waals surface area contributed by atoms with Crippen LogP contribution in [0.2, 0.25) is 0 Å². The first-order valence-electron chi connectivity index (χ1n) is 6.46. The molecular formula is C17H18. The fourth-order valence-electron chi connectivity index (χ4n) is 3.32. The second-order valence-corrected chi connectivity index (χ2v) is 4.97. The molecule has 3 unspecified atom stereocenters. The van der Waals surface area contributed by atoms with Gasteiger partial charge in [-0.05, 0) is 35.8 Å². The van der Waals surface area contributed by atoms with Crippen LogP contribution in [0.3, 0.4) is 0 Å². The molecule has 0 saturated heterocycles. The molecule has 3 rings (SSSR count). The summed E-state index contributed by atoms with van der Waals surface area (Å²) in [4.78, 5) is 0. The average Bonchev–Trinajstić information content (AvgIpc) is 2.71. The highest BCUT2D eigenvalue weighted by atomic mass is 14.4. The Morgan fingerprint density at radius 3 is 2.65 bits per heavy atom. The Kier molecular flexibility index (Phi) is 2.72. The summed E-state index contributed by atoms with van der Waals surface area (Å²) in [6, 6.07) is 8.94. The van der Waals surface area contributed by atoms with E-state index in [1.165, 1.54) is 12.0 Å². The molecule has 0 aromatic heterocycles. The van der Waals surface area contributed by atoms with E-state index in [1.54, 1.807) is 5.56 Å². The number of rotatable bonds is 3. The zero-order valence-electron chi connectivity index (χ0n) is 10.0. The van der Waals surface area contributed by atoms with Crippen molar-refractivity contribution in [1.29, 1.82) is 0 Å². The summed E-state index contributed by atoms with van der Waals surface area (Å²) >= 11 is 0. The van der Waals surface area contributed by atoms with E-state index in [9.17, 15) is 0 Å². The number of benzene rings is 1. The van der Waals surface area contributed by atoms with Crippen LogP contribution < -0.4 is 0 Å². The number of allylic oxidation sites excluding steroid dienone is 5. The van der Waals surface area contributed by atoms with Crippen LogP contribution in [0.25, 0.3) is 0 Å². The molecule has 2 aliphatic carbocycles. The van der Waals surface area contributed by atoms with E-state index < -0.39 is 0 Å². The Hall–Kier alpha value is -1.56. The second-order valence-electron chi connectivity index (χ2n) is 4.97. The van der Waals surface area contributed by atoms with Crippen LogP contribution in [0.5, 0.6) is 0 Å². The predicted octanol–water partition coefficient (Wildman–Crippen LogP) is 4.58. The molecule has 0 spiro atoms. The second kappa shape index (κ2) is 4.37.